The first-order valence-electron chi connectivity index (χ1n) is 6.34. The number of aromatic nitrogens is 1. The van der Waals surface area contributed by atoms with Crippen LogP contribution in [-0.2, 0) is 0 Å². The predicted octanol–water partition coefficient (Wildman–Crippen LogP) is 3.63. The molecular formula is C16H13N3OS. The maximum absolute atomic E-state index is 9.12. The van der Waals surface area contributed by atoms with E-state index >= 15 is 0 Å². The van der Waals surface area contributed by atoms with Crippen molar-refractivity contribution in [1.29, 1.82) is 10.5 Å². The molecule has 104 valence electrons. The molecule has 4 nitrogen and oxygen atoms in total. The van der Waals surface area contributed by atoms with Crippen LogP contribution in [0.1, 0.15) is 12.0 Å². The van der Waals surface area contributed by atoms with Gasteiger partial charge >= 0.3 is 0 Å². The average Bonchev–Trinajstić information content (AvgIpc) is 2.55. The minimum absolute atomic E-state index is 0.435. The Labute approximate surface area is 128 Å². The van der Waals surface area contributed by atoms with Gasteiger partial charge in [0.2, 0.25) is 0 Å². The van der Waals surface area contributed by atoms with E-state index in [-0.39, 0.29) is 0 Å². The highest BCUT2D eigenvalue weighted by Crippen LogP contribution is 2.26. The van der Waals surface area contributed by atoms with E-state index in [2.05, 4.69) is 17.1 Å². The Balaban J connectivity index is 2.30. The molecule has 0 saturated carbocycles. The lowest BCUT2D eigenvalue weighted by molar-refractivity contribution is 0.415. The number of hydrogen-bond donors (Lipinski definition) is 0. The molecule has 5 heteroatoms. The number of hydrogen-bond acceptors (Lipinski definition) is 5. The summed E-state index contributed by atoms with van der Waals surface area (Å²) in [5.74, 6) is 1.42. The van der Waals surface area contributed by atoms with Crippen molar-refractivity contribution in [3.63, 3.8) is 0 Å². The zero-order valence-electron chi connectivity index (χ0n) is 11.5. The molecule has 0 N–H and O–H groups in total. The molecule has 2 rings (SSSR count). The van der Waals surface area contributed by atoms with Gasteiger partial charge in [0.05, 0.1) is 24.4 Å². The highest BCUT2D eigenvalue weighted by molar-refractivity contribution is 7.99. The second-order valence-electron chi connectivity index (χ2n) is 4.15. The fraction of sp³-hybridized carbons (Fsp3) is 0.188. The molecule has 0 unspecified atom stereocenters. The largest absolute Gasteiger partial charge is 0.497 e. The number of methoxy groups -OCH3 is 1. The lowest BCUT2D eigenvalue weighted by atomic mass is 10.1. The van der Waals surface area contributed by atoms with Crippen LogP contribution in [0.3, 0.4) is 0 Å². The SMILES string of the molecule is COc1ccc(-c2ccc(C#N)c(SCCC#N)n2)cc1. The summed E-state index contributed by atoms with van der Waals surface area (Å²) < 4.78 is 5.13. The van der Waals surface area contributed by atoms with Crippen molar-refractivity contribution in [2.75, 3.05) is 12.9 Å². The number of pyridine rings is 1. The van der Waals surface area contributed by atoms with E-state index in [1.807, 2.05) is 30.3 Å². The van der Waals surface area contributed by atoms with E-state index in [1.54, 1.807) is 13.2 Å². The number of nitriles is 2. The van der Waals surface area contributed by atoms with Crippen LogP contribution < -0.4 is 4.74 Å². The first-order chi connectivity index (χ1) is 10.3. The second kappa shape index (κ2) is 7.33. The van der Waals surface area contributed by atoms with Crippen molar-refractivity contribution in [3.05, 3.63) is 42.0 Å². The highest BCUT2D eigenvalue weighted by Gasteiger charge is 2.08. The number of rotatable bonds is 5. The van der Waals surface area contributed by atoms with Gasteiger partial charge in [-0.15, -0.1) is 11.8 Å². The van der Waals surface area contributed by atoms with Crippen molar-refractivity contribution in [1.82, 2.24) is 4.98 Å². The van der Waals surface area contributed by atoms with Crippen LogP contribution in [-0.4, -0.2) is 17.8 Å². The molecule has 0 aliphatic rings. The quantitative estimate of drug-likeness (QED) is 0.622. The van der Waals surface area contributed by atoms with Gasteiger partial charge in [0.15, 0.2) is 0 Å². The van der Waals surface area contributed by atoms with E-state index in [0.717, 1.165) is 17.0 Å². The molecule has 0 saturated heterocycles. The van der Waals surface area contributed by atoms with Crippen LogP contribution in [0.4, 0.5) is 0 Å². The van der Waals surface area contributed by atoms with E-state index in [4.69, 9.17) is 15.3 Å². The summed E-state index contributed by atoms with van der Waals surface area (Å²) in [7, 11) is 1.62. The minimum atomic E-state index is 0.435. The molecule has 1 heterocycles. The minimum Gasteiger partial charge on any atom is -0.497 e. The Hall–Kier alpha value is -2.50. The predicted molar refractivity (Wildman–Crippen MR) is 81.9 cm³/mol. The molecule has 0 amide bonds. The molecule has 0 bridgehead atoms. The van der Waals surface area contributed by atoms with E-state index in [1.165, 1.54) is 11.8 Å². The van der Waals surface area contributed by atoms with Gasteiger partial charge in [-0.1, -0.05) is 0 Å². The van der Waals surface area contributed by atoms with Gasteiger partial charge in [-0.25, -0.2) is 4.98 Å². The molecular weight excluding hydrogens is 282 g/mol. The molecule has 0 aliphatic heterocycles. The van der Waals surface area contributed by atoms with Crippen molar-refractivity contribution in [3.8, 4) is 29.1 Å². The van der Waals surface area contributed by atoms with Gasteiger partial charge in [0.25, 0.3) is 0 Å². The zero-order chi connectivity index (χ0) is 15.1. The summed E-state index contributed by atoms with van der Waals surface area (Å²) in [6, 6.07) is 15.4. The lowest BCUT2D eigenvalue weighted by Crippen LogP contribution is -1.92. The average molecular weight is 295 g/mol. The van der Waals surface area contributed by atoms with Crippen LogP contribution >= 0.6 is 11.8 Å². The molecule has 0 spiro atoms. The fourth-order valence-corrected chi connectivity index (χ4v) is 2.57. The summed E-state index contributed by atoms with van der Waals surface area (Å²) in [5, 5.41) is 18.4. The molecule has 1 aromatic carbocycles. The number of thioether (sulfide) groups is 1. The van der Waals surface area contributed by atoms with Crippen LogP contribution in [0.5, 0.6) is 5.75 Å². The summed E-state index contributed by atoms with van der Waals surface area (Å²) >= 11 is 1.43. The third-order valence-corrected chi connectivity index (χ3v) is 3.81. The molecule has 1 aromatic heterocycles. The van der Waals surface area contributed by atoms with Crippen LogP contribution in [0.2, 0.25) is 0 Å². The lowest BCUT2D eigenvalue weighted by Gasteiger charge is -2.07. The monoisotopic (exact) mass is 295 g/mol. The third-order valence-electron chi connectivity index (χ3n) is 2.82. The molecule has 21 heavy (non-hydrogen) atoms. The fourth-order valence-electron chi connectivity index (χ4n) is 1.75. The number of benzene rings is 1. The smallest absolute Gasteiger partial charge is 0.118 e. The maximum Gasteiger partial charge on any atom is 0.118 e. The second-order valence-corrected chi connectivity index (χ2v) is 5.23. The van der Waals surface area contributed by atoms with Gasteiger partial charge in [0.1, 0.15) is 16.8 Å². The Morgan fingerprint density at radius 1 is 1.14 bits per heavy atom. The third kappa shape index (κ3) is 3.75. The van der Waals surface area contributed by atoms with Gasteiger partial charge in [-0.2, -0.15) is 10.5 Å². The maximum atomic E-state index is 9.12. The van der Waals surface area contributed by atoms with Gasteiger partial charge in [0, 0.05) is 17.7 Å². The molecule has 0 radical (unpaired) electrons. The highest BCUT2D eigenvalue weighted by atomic mass is 32.2. The summed E-state index contributed by atoms with van der Waals surface area (Å²) in [6.07, 6.45) is 0.435. The Bertz CT molecular complexity index is 699. The number of nitrogens with zero attached hydrogens (tertiary/aromatic N) is 3. The topological polar surface area (TPSA) is 69.7 Å². The molecule has 2 aromatic rings. The molecule has 0 fully saturated rings. The zero-order valence-corrected chi connectivity index (χ0v) is 12.4. The Morgan fingerprint density at radius 2 is 1.90 bits per heavy atom. The van der Waals surface area contributed by atoms with Crippen LogP contribution in [0.25, 0.3) is 11.3 Å². The van der Waals surface area contributed by atoms with E-state index in [0.29, 0.717) is 22.8 Å². The van der Waals surface area contributed by atoms with E-state index < -0.39 is 0 Å². The Morgan fingerprint density at radius 3 is 2.52 bits per heavy atom. The van der Waals surface area contributed by atoms with E-state index in [9.17, 15) is 0 Å². The number of ether oxygens (including phenoxy) is 1. The van der Waals surface area contributed by atoms with Crippen molar-refractivity contribution < 1.29 is 4.74 Å². The normalized spacial score (nSPS) is 9.67. The van der Waals surface area contributed by atoms with Crippen molar-refractivity contribution >= 4 is 11.8 Å². The standard InChI is InChI=1S/C16H13N3OS/c1-20-14-6-3-12(4-7-14)15-8-5-13(11-18)16(19-15)21-10-2-9-17/h3-8H,2,10H2,1H3. The van der Waals surface area contributed by atoms with Gasteiger partial charge in [-0.3, -0.25) is 0 Å². The molecule has 0 aliphatic carbocycles. The summed E-state index contributed by atoms with van der Waals surface area (Å²) in [5.41, 5.74) is 2.30. The Kier molecular flexibility index (Phi) is 5.20. The van der Waals surface area contributed by atoms with Crippen LogP contribution in [0.15, 0.2) is 41.4 Å². The summed E-state index contributed by atoms with van der Waals surface area (Å²) in [6.45, 7) is 0. The summed E-state index contributed by atoms with van der Waals surface area (Å²) in [4.78, 5) is 4.53. The van der Waals surface area contributed by atoms with Crippen molar-refractivity contribution in [2.24, 2.45) is 0 Å². The first kappa shape index (κ1) is 14.9. The van der Waals surface area contributed by atoms with Crippen LogP contribution in [0, 0.1) is 22.7 Å². The van der Waals surface area contributed by atoms with Gasteiger partial charge in [-0.05, 0) is 36.4 Å². The van der Waals surface area contributed by atoms with Crippen molar-refractivity contribution in [2.45, 2.75) is 11.4 Å². The van der Waals surface area contributed by atoms with Gasteiger partial charge < -0.3 is 4.74 Å². The first-order valence-corrected chi connectivity index (χ1v) is 7.32. The molecule has 0 atom stereocenters.